The van der Waals surface area contributed by atoms with E-state index < -0.39 is 0 Å². The van der Waals surface area contributed by atoms with Crippen molar-refractivity contribution in [3.63, 3.8) is 0 Å². The zero-order chi connectivity index (χ0) is 14.2. The lowest BCUT2D eigenvalue weighted by Crippen LogP contribution is -2.37. The van der Waals surface area contributed by atoms with Crippen molar-refractivity contribution < 1.29 is 4.74 Å². The highest BCUT2D eigenvalue weighted by molar-refractivity contribution is 5.78. The molecule has 0 aromatic heterocycles. The average Bonchev–Trinajstić information content (AvgIpc) is 3.38. The molecule has 1 unspecified atom stereocenters. The van der Waals surface area contributed by atoms with Crippen LogP contribution in [0.2, 0.25) is 0 Å². The van der Waals surface area contributed by atoms with Crippen molar-refractivity contribution in [2.24, 2.45) is 28.5 Å². The van der Waals surface area contributed by atoms with E-state index in [1.807, 2.05) is 18.2 Å². The van der Waals surface area contributed by atoms with Gasteiger partial charge in [-0.05, 0) is 43.1 Å². The minimum Gasteiger partial charge on any atom is -0.493 e. The summed E-state index contributed by atoms with van der Waals surface area (Å²) in [5.41, 5.74) is 7.26. The molecule has 112 valence electrons. The SMILES string of the molecule is NC(=NC[C@@H]1C[C@H]1C1CC1)NC1CCOc2ccccc21. The number of guanidine groups is 1. The number of benzene rings is 1. The third-order valence-electron chi connectivity index (χ3n) is 4.98. The molecule has 0 spiro atoms. The van der Waals surface area contributed by atoms with Crippen LogP contribution in [0.3, 0.4) is 0 Å². The van der Waals surface area contributed by atoms with Gasteiger partial charge in [0, 0.05) is 18.5 Å². The molecule has 2 fully saturated rings. The topological polar surface area (TPSA) is 59.6 Å². The lowest BCUT2D eigenvalue weighted by molar-refractivity contribution is 0.262. The van der Waals surface area contributed by atoms with Crippen LogP contribution >= 0.6 is 0 Å². The number of nitrogens with one attached hydrogen (secondary N) is 1. The summed E-state index contributed by atoms with van der Waals surface area (Å²) in [7, 11) is 0. The average molecular weight is 285 g/mol. The minimum absolute atomic E-state index is 0.220. The number of para-hydroxylation sites is 1. The van der Waals surface area contributed by atoms with E-state index in [2.05, 4.69) is 16.4 Å². The number of fused-ring (bicyclic) bond motifs is 1. The third kappa shape index (κ3) is 2.85. The van der Waals surface area contributed by atoms with Crippen LogP contribution in [0.5, 0.6) is 5.75 Å². The van der Waals surface area contributed by atoms with Gasteiger partial charge in [0.2, 0.25) is 0 Å². The highest BCUT2D eigenvalue weighted by atomic mass is 16.5. The molecule has 1 aromatic rings. The first-order chi connectivity index (χ1) is 10.3. The first-order valence-corrected chi connectivity index (χ1v) is 8.09. The van der Waals surface area contributed by atoms with Crippen LogP contribution in [0.25, 0.3) is 0 Å². The van der Waals surface area contributed by atoms with Crippen molar-refractivity contribution in [3.05, 3.63) is 29.8 Å². The van der Waals surface area contributed by atoms with Gasteiger partial charge in [-0.1, -0.05) is 18.2 Å². The summed E-state index contributed by atoms with van der Waals surface area (Å²) >= 11 is 0. The van der Waals surface area contributed by atoms with Crippen molar-refractivity contribution in [1.29, 1.82) is 0 Å². The fourth-order valence-electron chi connectivity index (χ4n) is 3.51. The highest BCUT2D eigenvalue weighted by Crippen LogP contribution is 2.54. The quantitative estimate of drug-likeness (QED) is 0.660. The summed E-state index contributed by atoms with van der Waals surface area (Å²) in [6.07, 6.45) is 5.18. The van der Waals surface area contributed by atoms with E-state index in [-0.39, 0.29) is 6.04 Å². The van der Waals surface area contributed by atoms with E-state index in [0.29, 0.717) is 5.96 Å². The molecule has 0 bridgehead atoms. The maximum atomic E-state index is 6.07. The second-order valence-corrected chi connectivity index (χ2v) is 6.59. The predicted molar refractivity (Wildman–Crippen MR) is 83.2 cm³/mol. The van der Waals surface area contributed by atoms with Crippen LogP contribution in [0, 0.1) is 17.8 Å². The monoisotopic (exact) mass is 285 g/mol. The van der Waals surface area contributed by atoms with E-state index in [1.54, 1.807) is 0 Å². The van der Waals surface area contributed by atoms with Gasteiger partial charge >= 0.3 is 0 Å². The molecule has 1 aromatic carbocycles. The van der Waals surface area contributed by atoms with E-state index in [0.717, 1.165) is 43.1 Å². The zero-order valence-corrected chi connectivity index (χ0v) is 12.3. The molecule has 0 saturated heterocycles. The number of hydrogen-bond acceptors (Lipinski definition) is 2. The number of hydrogen-bond donors (Lipinski definition) is 2. The number of nitrogens with zero attached hydrogens (tertiary/aromatic N) is 1. The van der Waals surface area contributed by atoms with Crippen molar-refractivity contribution >= 4 is 5.96 Å². The molecule has 4 rings (SSSR count). The fourth-order valence-corrected chi connectivity index (χ4v) is 3.51. The molecule has 1 aliphatic heterocycles. The third-order valence-corrected chi connectivity index (χ3v) is 4.98. The van der Waals surface area contributed by atoms with Gasteiger partial charge in [-0.25, -0.2) is 0 Å². The van der Waals surface area contributed by atoms with Gasteiger partial charge in [0.15, 0.2) is 5.96 Å². The van der Waals surface area contributed by atoms with E-state index in [4.69, 9.17) is 10.5 Å². The van der Waals surface area contributed by atoms with Gasteiger partial charge in [0.05, 0.1) is 12.6 Å². The Kier molecular flexibility index (Phi) is 3.24. The van der Waals surface area contributed by atoms with Gasteiger partial charge < -0.3 is 15.8 Å². The van der Waals surface area contributed by atoms with E-state index in [1.165, 1.54) is 24.8 Å². The number of ether oxygens (including phenoxy) is 1. The summed E-state index contributed by atoms with van der Waals surface area (Å²) in [6, 6.07) is 8.38. The van der Waals surface area contributed by atoms with Crippen LogP contribution in [0.4, 0.5) is 0 Å². The second-order valence-electron chi connectivity index (χ2n) is 6.59. The Hall–Kier alpha value is -1.71. The number of aliphatic imine (C=N–C) groups is 1. The summed E-state index contributed by atoms with van der Waals surface area (Å²) < 4.78 is 5.67. The van der Waals surface area contributed by atoms with Crippen molar-refractivity contribution in [2.45, 2.75) is 31.7 Å². The van der Waals surface area contributed by atoms with Gasteiger partial charge in [0.25, 0.3) is 0 Å². The van der Waals surface area contributed by atoms with E-state index >= 15 is 0 Å². The second kappa shape index (κ2) is 5.24. The Labute approximate surface area is 125 Å². The minimum atomic E-state index is 0.220. The fraction of sp³-hybridized carbons (Fsp3) is 0.588. The Balaban J connectivity index is 1.35. The molecule has 1 heterocycles. The molecular formula is C17H23N3O. The molecule has 0 radical (unpaired) electrons. The zero-order valence-electron chi connectivity index (χ0n) is 12.3. The van der Waals surface area contributed by atoms with Crippen molar-refractivity contribution in [2.75, 3.05) is 13.2 Å². The molecule has 2 aliphatic carbocycles. The largest absolute Gasteiger partial charge is 0.493 e. The summed E-state index contributed by atoms with van der Waals surface area (Å²) in [5.74, 6) is 4.30. The van der Waals surface area contributed by atoms with Crippen LogP contribution in [-0.2, 0) is 0 Å². The lowest BCUT2D eigenvalue weighted by atomic mass is 10.0. The predicted octanol–water partition coefficient (Wildman–Crippen LogP) is 2.46. The highest BCUT2D eigenvalue weighted by Gasteiger charge is 2.46. The number of nitrogens with two attached hydrogens (primary N) is 1. The molecule has 21 heavy (non-hydrogen) atoms. The molecular weight excluding hydrogens is 262 g/mol. The van der Waals surface area contributed by atoms with Crippen LogP contribution in [0.15, 0.2) is 29.3 Å². The van der Waals surface area contributed by atoms with Crippen LogP contribution in [0.1, 0.15) is 37.3 Å². The van der Waals surface area contributed by atoms with Gasteiger partial charge in [-0.2, -0.15) is 0 Å². The molecule has 4 nitrogen and oxygen atoms in total. The van der Waals surface area contributed by atoms with Crippen LogP contribution < -0.4 is 15.8 Å². The molecule has 4 heteroatoms. The maximum absolute atomic E-state index is 6.07. The molecule has 2 saturated carbocycles. The Morgan fingerprint density at radius 2 is 2.14 bits per heavy atom. The van der Waals surface area contributed by atoms with Gasteiger partial charge in [0.1, 0.15) is 5.75 Å². The maximum Gasteiger partial charge on any atom is 0.189 e. The molecule has 3 aliphatic rings. The first kappa shape index (κ1) is 13.0. The lowest BCUT2D eigenvalue weighted by Gasteiger charge is -2.26. The Morgan fingerprint density at radius 1 is 1.29 bits per heavy atom. The standard InChI is InChI=1S/C17H23N3O/c18-17(19-10-12-9-14(12)11-5-6-11)20-15-7-8-21-16-4-2-1-3-13(15)16/h1-4,11-12,14-15H,5-10H2,(H3,18,19,20)/t12-,14-,15?/m0/s1. The van der Waals surface area contributed by atoms with Gasteiger partial charge in [-0.3, -0.25) is 4.99 Å². The van der Waals surface area contributed by atoms with Crippen molar-refractivity contribution in [3.8, 4) is 5.75 Å². The van der Waals surface area contributed by atoms with E-state index in [9.17, 15) is 0 Å². The molecule has 3 N–H and O–H groups in total. The van der Waals surface area contributed by atoms with Gasteiger partial charge in [-0.15, -0.1) is 0 Å². The molecule has 3 atom stereocenters. The Morgan fingerprint density at radius 3 is 3.00 bits per heavy atom. The summed E-state index contributed by atoms with van der Waals surface area (Å²) in [6.45, 7) is 1.62. The van der Waals surface area contributed by atoms with Crippen LogP contribution in [-0.4, -0.2) is 19.1 Å². The normalized spacial score (nSPS) is 31.2. The van der Waals surface area contributed by atoms with Crippen molar-refractivity contribution in [1.82, 2.24) is 5.32 Å². The first-order valence-electron chi connectivity index (χ1n) is 8.09. The summed E-state index contributed by atoms with van der Waals surface area (Å²) in [5, 5.41) is 3.37. The summed E-state index contributed by atoms with van der Waals surface area (Å²) in [4.78, 5) is 4.56. The Bertz CT molecular complexity index is 553. The molecule has 0 amide bonds. The smallest absolute Gasteiger partial charge is 0.189 e. The number of rotatable bonds is 4.